The van der Waals surface area contributed by atoms with E-state index in [-0.39, 0.29) is 17.7 Å². The van der Waals surface area contributed by atoms with Crippen molar-refractivity contribution < 1.29 is 14.1 Å². The molecule has 1 atom stereocenters. The maximum atomic E-state index is 11.9. The zero-order valence-electron chi connectivity index (χ0n) is 11.8. The number of nitrogens with two attached hydrogens (primary N) is 1. The minimum Gasteiger partial charge on any atom is -0.404 e. The summed E-state index contributed by atoms with van der Waals surface area (Å²) in [4.78, 5) is 24.1. The average Bonchev–Trinajstić information content (AvgIpc) is 2.94. The summed E-state index contributed by atoms with van der Waals surface area (Å²) in [5.74, 6) is 0.259. The van der Waals surface area contributed by atoms with Gasteiger partial charge in [0.1, 0.15) is 10.7 Å². The van der Waals surface area contributed by atoms with Gasteiger partial charge in [0.2, 0.25) is 5.91 Å². The smallest absolute Gasteiger partial charge is 0.404 e. The first kappa shape index (κ1) is 15.5. The second kappa shape index (κ2) is 7.19. The molecule has 1 aliphatic rings. The quantitative estimate of drug-likeness (QED) is 0.582. The fraction of sp³-hybridized carbons (Fsp3) is 0.615. The van der Waals surface area contributed by atoms with Crippen molar-refractivity contribution in [1.29, 1.82) is 0 Å². The van der Waals surface area contributed by atoms with E-state index in [0.29, 0.717) is 31.9 Å². The molecule has 0 aliphatic carbocycles. The van der Waals surface area contributed by atoms with E-state index in [4.69, 9.17) is 10.2 Å². The fourth-order valence-electron chi connectivity index (χ4n) is 2.52. The van der Waals surface area contributed by atoms with Gasteiger partial charge in [0.05, 0.1) is 18.5 Å². The highest BCUT2D eigenvalue weighted by atomic mass is 16.6. The molecule has 3 N–H and O–H groups in total. The van der Waals surface area contributed by atoms with Crippen LogP contribution >= 0.6 is 0 Å². The van der Waals surface area contributed by atoms with Gasteiger partial charge in [-0.05, 0) is 25.5 Å². The zero-order chi connectivity index (χ0) is 15.2. The van der Waals surface area contributed by atoms with Crippen LogP contribution in [0.1, 0.15) is 18.6 Å². The Morgan fingerprint density at radius 2 is 2.38 bits per heavy atom. The predicted molar refractivity (Wildman–Crippen MR) is 75.4 cm³/mol. The first-order valence-electron chi connectivity index (χ1n) is 7.03. The standard InChI is InChI=1S/C13H20N4O4/c14-5-6-15-13(18)10-2-1-7-16(8-10)9-11-3-4-12(21-11)17(19)20/h3-4,10H,1-2,5-9,14H2,(H,15,18). The Balaban J connectivity index is 1.88. The number of hydrogen-bond donors (Lipinski definition) is 2. The summed E-state index contributed by atoms with van der Waals surface area (Å²) in [6.07, 6.45) is 1.77. The molecule has 0 bridgehead atoms. The van der Waals surface area contributed by atoms with E-state index in [0.717, 1.165) is 19.4 Å². The van der Waals surface area contributed by atoms with Crippen molar-refractivity contribution in [3.05, 3.63) is 28.0 Å². The molecule has 0 saturated carbocycles. The maximum Gasteiger partial charge on any atom is 0.433 e. The molecule has 1 aromatic heterocycles. The van der Waals surface area contributed by atoms with E-state index in [1.54, 1.807) is 6.07 Å². The topological polar surface area (TPSA) is 115 Å². The molecule has 0 radical (unpaired) electrons. The molecule has 1 aliphatic heterocycles. The maximum absolute atomic E-state index is 11.9. The van der Waals surface area contributed by atoms with Crippen molar-refractivity contribution in [1.82, 2.24) is 10.2 Å². The molecule has 8 heteroatoms. The van der Waals surface area contributed by atoms with Gasteiger partial charge in [-0.15, -0.1) is 0 Å². The summed E-state index contributed by atoms with van der Waals surface area (Å²) in [6.45, 7) is 2.88. The van der Waals surface area contributed by atoms with Crippen molar-refractivity contribution in [2.24, 2.45) is 11.7 Å². The number of carbonyl (C=O) groups is 1. The number of furan rings is 1. The van der Waals surface area contributed by atoms with E-state index in [1.807, 2.05) is 0 Å². The number of hydrogen-bond acceptors (Lipinski definition) is 6. The Morgan fingerprint density at radius 3 is 3.05 bits per heavy atom. The van der Waals surface area contributed by atoms with Gasteiger partial charge >= 0.3 is 5.88 Å². The molecule has 21 heavy (non-hydrogen) atoms. The molecule has 2 heterocycles. The second-order valence-corrected chi connectivity index (χ2v) is 5.15. The van der Waals surface area contributed by atoms with Gasteiger partial charge < -0.3 is 15.5 Å². The number of amides is 1. The van der Waals surface area contributed by atoms with Crippen LogP contribution < -0.4 is 11.1 Å². The summed E-state index contributed by atoms with van der Waals surface area (Å²) in [7, 11) is 0. The lowest BCUT2D eigenvalue weighted by Gasteiger charge is -2.31. The Morgan fingerprint density at radius 1 is 1.57 bits per heavy atom. The van der Waals surface area contributed by atoms with Gasteiger partial charge in [-0.2, -0.15) is 0 Å². The normalized spacial score (nSPS) is 19.4. The molecule has 2 rings (SSSR count). The lowest BCUT2D eigenvalue weighted by Crippen LogP contribution is -2.43. The van der Waals surface area contributed by atoms with Crippen molar-refractivity contribution in [3.63, 3.8) is 0 Å². The number of likely N-dealkylation sites (tertiary alicyclic amines) is 1. The molecular weight excluding hydrogens is 276 g/mol. The van der Waals surface area contributed by atoms with Gasteiger partial charge in [-0.1, -0.05) is 0 Å². The van der Waals surface area contributed by atoms with E-state index in [2.05, 4.69) is 10.2 Å². The number of piperidine rings is 1. The Labute approximate surface area is 122 Å². The molecular formula is C13H20N4O4. The number of carbonyl (C=O) groups excluding carboxylic acids is 1. The summed E-state index contributed by atoms with van der Waals surface area (Å²) in [5.41, 5.74) is 5.37. The molecule has 1 saturated heterocycles. The Kier molecular flexibility index (Phi) is 5.29. The largest absolute Gasteiger partial charge is 0.433 e. The highest BCUT2D eigenvalue weighted by molar-refractivity contribution is 5.78. The fourth-order valence-corrected chi connectivity index (χ4v) is 2.52. The summed E-state index contributed by atoms with van der Waals surface area (Å²) in [6, 6.07) is 2.96. The molecule has 8 nitrogen and oxygen atoms in total. The third-order valence-electron chi connectivity index (χ3n) is 3.53. The lowest BCUT2D eigenvalue weighted by atomic mass is 9.97. The van der Waals surface area contributed by atoms with Crippen LogP contribution in [0.25, 0.3) is 0 Å². The molecule has 116 valence electrons. The van der Waals surface area contributed by atoms with Crippen LogP contribution in [0.2, 0.25) is 0 Å². The molecule has 1 amide bonds. The summed E-state index contributed by atoms with van der Waals surface area (Å²) >= 11 is 0. The van der Waals surface area contributed by atoms with E-state index >= 15 is 0 Å². The van der Waals surface area contributed by atoms with Crippen molar-refractivity contribution >= 4 is 11.8 Å². The van der Waals surface area contributed by atoms with Crippen LogP contribution in [0.3, 0.4) is 0 Å². The SMILES string of the molecule is NCCNC(=O)C1CCCN(Cc2ccc([N+](=O)[O-])o2)C1. The molecule has 0 aromatic carbocycles. The minimum absolute atomic E-state index is 0.0237. The van der Waals surface area contributed by atoms with Gasteiger partial charge in [-0.25, -0.2) is 0 Å². The monoisotopic (exact) mass is 296 g/mol. The molecule has 1 aromatic rings. The second-order valence-electron chi connectivity index (χ2n) is 5.15. The van der Waals surface area contributed by atoms with Crippen molar-refractivity contribution in [2.45, 2.75) is 19.4 Å². The Hall–Kier alpha value is -1.93. The predicted octanol–water partition coefficient (Wildman–Crippen LogP) is 0.475. The van der Waals surface area contributed by atoms with Crippen LogP contribution in [0.5, 0.6) is 0 Å². The molecule has 1 unspecified atom stereocenters. The third kappa shape index (κ3) is 4.27. The zero-order valence-corrected chi connectivity index (χ0v) is 11.8. The van der Waals surface area contributed by atoms with E-state index in [1.165, 1.54) is 6.07 Å². The number of nitrogens with zero attached hydrogens (tertiary/aromatic N) is 2. The molecule has 0 spiro atoms. The number of nitro groups is 1. The third-order valence-corrected chi connectivity index (χ3v) is 3.53. The highest BCUT2D eigenvalue weighted by Crippen LogP contribution is 2.21. The number of nitrogens with one attached hydrogen (secondary N) is 1. The average molecular weight is 296 g/mol. The van der Waals surface area contributed by atoms with Gasteiger partial charge in [0.25, 0.3) is 0 Å². The van der Waals surface area contributed by atoms with E-state index < -0.39 is 4.92 Å². The van der Waals surface area contributed by atoms with Gasteiger partial charge in [0.15, 0.2) is 0 Å². The Bertz CT molecular complexity index is 502. The first-order chi connectivity index (χ1) is 10.1. The van der Waals surface area contributed by atoms with Crippen LogP contribution in [-0.2, 0) is 11.3 Å². The lowest BCUT2D eigenvalue weighted by molar-refractivity contribution is -0.402. The molecule has 1 fully saturated rings. The summed E-state index contributed by atoms with van der Waals surface area (Å²) in [5, 5.41) is 13.4. The van der Waals surface area contributed by atoms with Crippen molar-refractivity contribution in [3.8, 4) is 0 Å². The van der Waals surface area contributed by atoms with Crippen LogP contribution in [0, 0.1) is 16.0 Å². The van der Waals surface area contributed by atoms with Crippen LogP contribution in [-0.4, -0.2) is 41.9 Å². The number of rotatable bonds is 6. The van der Waals surface area contributed by atoms with Gasteiger partial charge in [-0.3, -0.25) is 19.8 Å². The summed E-state index contributed by atoms with van der Waals surface area (Å²) < 4.78 is 5.15. The van der Waals surface area contributed by atoms with E-state index in [9.17, 15) is 14.9 Å². The van der Waals surface area contributed by atoms with Crippen LogP contribution in [0.4, 0.5) is 5.88 Å². The first-order valence-corrected chi connectivity index (χ1v) is 7.03. The van der Waals surface area contributed by atoms with Crippen molar-refractivity contribution in [2.75, 3.05) is 26.2 Å². The highest BCUT2D eigenvalue weighted by Gasteiger charge is 2.26. The van der Waals surface area contributed by atoms with Gasteiger partial charge in [0, 0.05) is 19.6 Å². The minimum atomic E-state index is -0.553. The van der Waals surface area contributed by atoms with Crippen LogP contribution in [0.15, 0.2) is 16.5 Å².